The van der Waals surface area contributed by atoms with Crippen LogP contribution in [-0.2, 0) is 11.3 Å². The molecule has 0 aliphatic carbocycles. The van der Waals surface area contributed by atoms with Gasteiger partial charge in [-0.05, 0) is 36.6 Å². The zero-order chi connectivity index (χ0) is 16.8. The quantitative estimate of drug-likeness (QED) is 0.706. The van der Waals surface area contributed by atoms with Crippen molar-refractivity contribution in [1.29, 1.82) is 0 Å². The molecule has 2 N–H and O–H groups in total. The van der Waals surface area contributed by atoms with Crippen LogP contribution in [0.3, 0.4) is 0 Å². The van der Waals surface area contributed by atoms with Gasteiger partial charge in [-0.2, -0.15) is 0 Å². The van der Waals surface area contributed by atoms with Crippen LogP contribution in [0.4, 0.5) is 0 Å². The highest BCUT2D eigenvalue weighted by Crippen LogP contribution is 2.24. The number of nitrogens with one attached hydrogen (secondary N) is 1. The zero-order valence-corrected chi connectivity index (χ0v) is 15.0. The van der Waals surface area contributed by atoms with Gasteiger partial charge in [0, 0.05) is 16.6 Å². The summed E-state index contributed by atoms with van der Waals surface area (Å²) < 4.78 is 6.84. The molecule has 1 heterocycles. The van der Waals surface area contributed by atoms with Crippen molar-refractivity contribution in [3.05, 3.63) is 46.6 Å². The summed E-state index contributed by atoms with van der Waals surface area (Å²) in [6.45, 7) is 5.04. The Labute approximate surface area is 145 Å². The average molecular weight is 380 g/mol. The van der Waals surface area contributed by atoms with Crippen molar-refractivity contribution < 1.29 is 14.3 Å². The molecule has 0 amide bonds. The lowest BCUT2D eigenvalue weighted by Crippen LogP contribution is -2.29. The normalized spacial score (nSPS) is 12.5. The fraction of sp³-hybridized carbons (Fsp3) is 0.389. The van der Waals surface area contributed by atoms with Crippen LogP contribution in [0.15, 0.2) is 45.3 Å². The number of furan rings is 1. The minimum atomic E-state index is -0.749. The molecule has 0 saturated heterocycles. The van der Waals surface area contributed by atoms with Crippen LogP contribution >= 0.6 is 15.9 Å². The Hall–Kier alpha value is -1.59. The van der Waals surface area contributed by atoms with E-state index in [1.165, 1.54) is 0 Å². The highest BCUT2D eigenvalue weighted by molar-refractivity contribution is 9.10. The molecule has 23 heavy (non-hydrogen) atoms. The molecule has 0 aliphatic heterocycles. The van der Waals surface area contributed by atoms with E-state index in [-0.39, 0.29) is 5.92 Å². The predicted octanol–water partition coefficient (Wildman–Crippen LogP) is 4.55. The van der Waals surface area contributed by atoms with Crippen molar-refractivity contribution in [3.8, 4) is 11.3 Å². The summed E-state index contributed by atoms with van der Waals surface area (Å²) in [4.78, 5) is 11.2. The first-order chi connectivity index (χ1) is 11.0. The lowest BCUT2D eigenvalue weighted by molar-refractivity contribution is -0.142. The van der Waals surface area contributed by atoms with Crippen LogP contribution in [0.1, 0.15) is 26.0 Å². The maximum Gasteiger partial charge on any atom is 0.307 e. The molecule has 0 aliphatic rings. The van der Waals surface area contributed by atoms with Crippen LogP contribution in [0.5, 0.6) is 0 Å². The smallest absolute Gasteiger partial charge is 0.307 e. The number of benzene rings is 1. The molecule has 2 aromatic rings. The van der Waals surface area contributed by atoms with Gasteiger partial charge in [0.25, 0.3) is 0 Å². The Morgan fingerprint density at radius 1 is 1.22 bits per heavy atom. The van der Waals surface area contributed by atoms with E-state index in [0.29, 0.717) is 25.4 Å². The van der Waals surface area contributed by atoms with E-state index < -0.39 is 5.97 Å². The summed E-state index contributed by atoms with van der Waals surface area (Å²) >= 11 is 3.41. The first-order valence-electron chi connectivity index (χ1n) is 7.74. The van der Waals surface area contributed by atoms with E-state index in [2.05, 4.69) is 21.2 Å². The SMILES string of the molecule is CC(C)CC(CNCc1ccc(-c2ccc(Br)cc2)o1)C(=O)O. The number of hydrogen-bond acceptors (Lipinski definition) is 3. The van der Waals surface area contributed by atoms with E-state index in [0.717, 1.165) is 21.6 Å². The fourth-order valence-electron chi connectivity index (χ4n) is 2.45. The minimum absolute atomic E-state index is 0.365. The minimum Gasteiger partial charge on any atom is -0.481 e. The third kappa shape index (κ3) is 5.52. The monoisotopic (exact) mass is 379 g/mol. The Bertz CT molecular complexity index is 634. The molecule has 1 atom stereocenters. The fourth-order valence-corrected chi connectivity index (χ4v) is 2.72. The van der Waals surface area contributed by atoms with Gasteiger partial charge in [-0.15, -0.1) is 0 Å². The Kier molecular flexibility index (Phi) is 6.42. The Balaban J connectivity index is 1.89. The topological polar surface area (TPSA) is 62.5 Å². The van der Waals surface area contributed by atoms with Gasteiger partial charge in [0.2, 0.25) is 0 Å². The van der Waals surface area contributed by atoms with Crippen LogP contribution in [0.25, 0.3) is 11.3 Å². The molecule has 0 saturated carbocycles. The standard InChI is InChI=1S/C18H22BrNO3/c1-12(2)9-14(18(21)22)10-20-11-16-7-8-17(23-16)13-3-5-15(19)6-4-13/h3-8,12,14,20H,9-11H2,1-2H3,(H,21,22). The lowest BCUT2D eigenvalue weighted by Gasteiger charge is -2.14. The number of aliphatic carboxylic acids is 1. The summed E-state index contributed by atoms with van der Waals surface area (Å²) in [6.07, 6.45) is 0.671. The molecule has 1 aromatic carbocycles. The summed E-state index contributed by atoms with van der Waals surface area (Å²) in [6, 6.07) is 11.8. The highest BCUT2D eigenvalue weighted by Gasteiger charge is 2.18. The summed E-state index contributed by atoms with van der Waals surface area (Å²) in [7, 11) is 0. The van der Waals surface area contributed by atoms with Crippen molar-refractivity contribution in [2.45, 2.75) is 26.8 Å². The first-order valence-corrected chi connectivity index (χ1v) is 8.53. The van der Waals surface area contributed by atoms with Crippen LogP contribution in [0.2, 0.25) is 0 Å². The van der Waals surface area contributed by atoms with Crippen molar-refractivity contribution in [1.82, 2.24) is 5.32 Å². The van der Waals surface area contributed by atoms with Gasteiger partial charge in [0.15, 0.2) is 0 Å². The summed E-state index contributed by atoms with van der Waals surface area (Å²) in [5.41, 5.74) is 1.02. The highest BCUT2D eigenvalue weighted by atomic mass is 79.9. The Morgan fingerprint density at radius 3 is 2.52 bits per heavy atom. The molecular weight excluding hydrogens is 358 g/mol. The van der Waals surface area contributed by atoms with Gasteiger partial charge in [-0.3, -0.25) is 4.79 Å². The molecule has 0 bridgehead atoms. The second-order valence-corrected chi connectivity index (χ2v) is 6.98. The molecule has 0 radical (unpaired) electrons. The Morgan fingerprint density at radius 2 is 1.91 bits per heavy atom. The largest absolute Gasteiger partial charge is 0.481 e. The molecule has 5 heteroatoms. The van der Waals surface area contributed by atoms with Gasteiger partial charge in [-0.25, -0.2) is 0 Å². The molecule has 1 unspecified atom stereocenters. The van der Waals surface area contributed by atoms with Gasteiger partial charge in [0.05, 0.1) is 12.5 Å². The third-order valence-corrected chi connectivity index (χ3v) is 4.11. The van der Waals surface area contributed by atoms with E-state index in [1.54, 1.807) is 0 Å². The van der Waals surface area contributed by atoms with Crippen LogP contribution < -0.4 is 5.32 Å². The van der Waals surface area contributed by atoms with Crippen LogP contribution in [0, 0.1) is 11.8 Å². The summed E-state index contributed by atoms with van der Waals surface area (Å²) in [5, 5.41) is 12.4. The van der Waals surface area contributed by atoms with Crippen molar-refractivity contribution in [3.63, 3.8) is 0 Å². The maximum absolute atomic E-state index is 11.2. The second kappa shape index (κ2) is 8.31. The van der Waals surface area contributed by atoms with E-state index in [1.807, 2.05) is 50.2 Å². The van der Waals surface area contributed by atoms with Crippen molar-refractivity contribution in [2.24, 2.45) is 11.8 Å². The van der Waals surface area contributed by atoms with E-state index in [4.69, 9.17) is 4.42 Å². The van der Waals surface area contributed by atoms with Crippen LogP contribution in [-0.4, -0.2) is 17.6 Å². The molecule has 124 valence electrons. The number of carboxylic acids is 1. The molecule has 2 rings (SSSR count). The molecule has 0 fully saturated rings. The molecule has 1 aromatic heterocycles. The second-order valence-electron chi connectivity index (χ2n) is 6.07. The van der Waals surface area contributed by atoms with Gasteiger partial charge < -0.3 is 14.8 Å². The third-order valence-electron chi connectivity index (χ3n) is 3.59. The average Bonchev–Trinajstić information content (AvgIpc) is 2.95. The molecular formula is C18H22BrNO3. The number of carboxylic acid groups (broad SMARTS) is 1. The van der Waals surface area contributed by atoms with E-state index >= 15 is 0 Å². The predicted molar refractivity (Wildman–Crippen MR) is 94.1 cm³/mol. The molecule has 4 nitrogen and oxygen atoms in total. The number of carbonyl (C=O) groups is 1. The van der Waals surface area contributed by atoms with Gasteiger partial charge >= 0.3 is 5.97 Å². The number of halogens is 1. The van der Waals surface area contributed by atoms with Crippen molar-refractivity contribution in [2.75, 3.05) is 6.54 Å². The van der Waals surface area contributed by atoms with Gasteiger partial charge in [0.1, 0.15) is 11.5 Å². The van der Waals surface area contributed by atoms with Crippen molar-refractivity contribution >= 4 is 21.9 Å². The molecule has 0 spiro atoms. The van der Waals surface area contributed by atoms with E-state index in [9.17, 15) is 9.90 Å². The number of rotatable bonds is 8. The summed E-state index contributed by atoms with van der Waals surface area (Å²) in [5.74, 6) is 0.866. The lowest BCUT2D eigenvalue weighted by atomic mass is 9.97. The zero-order valence-electron chi connectivity index (χ0n) is 13.4. The number of hydrogen-bond donors (Lipinski definition) is 2. The maximum atomic E-state index is 11.2. The van der Waals surface area contributed by atoms with Gasteiger partial charge in [-0.1, -0.05) is 41.9 Å². The first kappa shape index (κ1) is 17.8.